The molecule has 6 nitrogen and oxygen atoms in total. The number of rotatable bonds is 7. The molecular formula is C21H33FN4O2. The third-order valence-electron chi connectivity index (χ3n) is 5.84. The summed E-state index contributed by atoms with van der Waals surface area (Å²) in [5.41, 5.74) is 1.10. The van der Waals surface area contributed by atoms with Crippen molar-refractivity contribution in [1.82, 2.24) is 20.0 Å². The first-order chi connectivity index (χ1) is 13.7. The van der Waals surface area contributed by atoms with Crippen LogP contribution in [0.4, 0.5) is 9.18 Å². The summed E-state index contributed by atoms with van der Waals surface area (Å²) in [5.74, 6) is -0.211. The lowest BCUT2D eigenvalue weighted by molar-refractivity contribution is 0.0890. The zero-order chi connectivity index (χ0) is 19.8. The second-order valence-electron chi connectivity index (χ2n) is 7.84. The summed E-state index contributed by atoms with van der Waals surface area (Å²) in [6, 6.07) is 6.92. The molecule has 0 radical (unpaired) electrons. The van der Waals surface area contributed by atoms with E-state index in [1.54, 1.807) is 0 Å². The lowest BCUT2D eigenvalue weighted by Crippen LogP contribution is -2.51. The highest BCUT2D eigenvalue weighted by molar-refractivity contribution is 5.74. The SMILES string of the molecule is O=C(NCCCN1CCCC[C@H]1CO)N1CCN(Cc2ccc(F)cc2)CC1. The van der Waals surface area contributed by atoms with Gasteiger partial charge in [-0.3, -0.25) is 9.80 Å². The minimum absolute atomic E-state index is 0.0128. The molecule has 0 unspecified atom stereocenters. The molecule has 156 valence electrons. The smallest absolute Gasteiger partial charge is 0.317 e. The van der Waals surface area contributed by atoms with Gasteiger partial charge in [-0.2, -0.15) is 0 Å². The summed E-state index contributed by atoms with van der Waals surface area (Å²) in [5, 5.41) is 12.5. The first kappa shape index (κ1) is 21.0. The van der Waals surface area contributed by atoms with Gasteiger partial charge in [0.1, 0.15) is 5.82 Å². The average Bonchev–Trinajstić information content (AvgIpc) is 2.73. The number of amides is 2. The minimum atomic E-state index is -0.211. The van der Waals surface area contributed by atoms with E-state index < -0.39 is 0 Å². The maximum atomic E-state index is 13.0. The number of halogens is 1. The zero-order valence-corrected chi connectivity index (χ0v) is 16.7. The molecule has 28 heavy (non-hydrogen) atoms. The summed E-state index contributed by atoms with van der Waals surface area (Å²) >= 11 is 0. The largest absolute Gasteiger partial charge is 0.395 e. The van der Waals surface area contributed by atoms with Crippen molar-refractivity contribution in [3.8, 4) is 0 Å². The van der Waals surface area contributed by atoms with E-state index in [1.165, 1.54) is 25.0 Å². The van der Waals surface area contributed by atoms with E-state index in [1.807, 2.05) is 17.0 Å². The molecule has 1 aromatic rings. The van der Waals surface area contributed by atoms with E-state index in [4.69, 9.17) is 0 Å². The normalized spacial score (nSPS) is 21.6. The highest BCUT2D eigenvalue weighted by Crippen LogP contribution is 2.16. The molecule has 1 aromatic carbocycles. The van der Waals surface area contributed by atoms with Crippen LogP contribution < -0.4 is 5.32 Å². The molecule has 2 fully saturated rings. The van der Waals surface area contributed by atoms with Crippen LogP contribution in [0.2, 0.25) is 0 Å². The summed E-state index contributed by atoms with van der Waals surface area (Å²) in [4.78, 5) is 18.9. The Labute approximate surface area is 167 Å². The van der Waals surface area contributed by atoms with E-state index >= 15 is 0 Å². The van der Waals surface area contributed by atoms with E-state index in [0.29, 0.717) is 25.7 Å². The fourth-order valence-corrected chi connectivity index (χ4v) is 4.11. The standard InChI is InChI=1S/C21H33FN4O2/c22-19-7-5-18(6-8-19)16-24-12-14-26(15-13-24)21(28)23-9-3-11-25-10-2-1-4-20(25)17-27/h5-8,20,27H,1-4,9-17H2,(H,23,28)/t20-/m0/s1. The van der Waals surface area contributed by atoms with Crippen molar-refractivity contribution in [3.05, 3.63) is 35.6 Å². The Bertz CT molecular complexity index is 605. The van der Waals surface area contributed by atoms with Crippen LogP contribution in [0.5, 0.6) is 0 Å². The van der Waals surface area contributed by atoms with Crippen LogP contribution in [0.3, 0.4) is 0 Å². The molecular weight excluding hydrogens is 359 g/mol. The van der Waals surface area contributed by atoms with Crippen molar-refractivity contribution in [3.63, 3.8) is 0 Å². The van der Waals surface area contributed by atoms with E-state index in [-0.39, 0.29) is 18.5 Å². The number of carbonyl (C=O) groups is 1. The van der Waals surface area contributed by atoms with Crippen LogP contribution in [0, 0.1) is 5.82 Å². The van der Waals surface area contributed by atoms with Crippen molar-refractivity contribution in [2.45, 2.75) is 38.3 Å². The number of carbonyl (C=O) groups excluding carboxylic acids is 1. The number of piperazine rings is 1. The molecule has 3 rings (SSSR count). The Morgan fingerprint density at radius 3 is 2.57 bits per heavy atom. The number of piperidine rings is 1. The molecule has 0 aromatic heterocycles. The number of aliphatic hydroxyl groups is 1. The van der Waals surface area contributed by atoms with Crippen LogP contribution in [-0.4, -0.2) is 84.3 Å². The molecule has 2 saturated heterocycles. The van der Waals surface area contributed by atoms with Gasteiger partial charge >= 0.3 is 6.03 Å². The van der Waals surface area contributed by atoms with Gasteiger partial charge in [-0.1, -0.05) is 18.6 Å². The Hall–Kier alpha value is -1.70. The van der Waals surface area contributed by atoms with Crippen molar-refractivity contribution in [2.24, 2.45) is 0 Å². The Balaban J connectivity index is 1.31. The van der Waals surface area contributed by atoms with Gasteiger partial charge < -0.3 is 15.3 Å². The van der Waals surface area contributed by atoms with Crippen LogP contribution in [0.15, 0.2) is 24.3 Å². The molecule has 2 N–H and O–H groups in total. The first-order valence-electron chi connectivity index (χ1n) is 10.5. The topological polar surface area (TPSA) is 59.1 Å². The highest BCUT2D eigenvalue weighted by Gasteiger charge is 2.22. The summed E-state index contributed by atoms with van der Waals surface area (Å²) < 4.78 is 13.0. The number of hydrogen-bond acceptors (Lipinski definition) is 4. The van der Waals surface area contributed by atoms with Gasteiger partial charge in [0, 0.05) is 51.9 Å². The number of likely N-dealkylation sites (tertiary alicyclic amines) is 1. The lowest BCUT2D eigenvalue weighted by Gasteiger charge is -2.35. The van der Waals surface area contributed by atoms with Gasteiger partial charge in [0.25, 0.3) is 0 Å². The molecule has 1 atom stereocenters. The van der Waals surface area contributed by atoms with Gasteiger partial charge in [-0.15, -0.1) is 0 Å². The molecule has 0 saturated carbocycles. The number of nitrogens with zero attached hydrogens (tertiary/aromatic N) is 3. The number of hydrogen-bond donors (Lipinski definition) is 2. The molecule has 0 spiro atoms. The maximum Gasteiger partial charge on any atom is 0.317 e. The zero-order valence-electron chi connectivity index (χ0n) is 16.7. The third kappa shape index (κ3) is 6.15. The lowest BCUT2D eigenvalue weighted by atomic mass is 10.0. The van der Waals surface area contributed by atoms with Crippen LogP contribution in [-0.2, 0) is 6.54 Å². The van der Waals surface area contributed by atoms with Crippen LogP contribution in [0.1, 0.15) is 31.2 Å². The Morgan fingerprint density at radius 1 is 1.11 bits per heavy atom. The predicted molar refractivity (Wildman–Crippen MR) is 108 cm³/mol. The minimum Gasteiger partial charge on any atom is -0.395 e. The highest BCUT2D eigenvalue weighted by atomic mass is 19.1. The maximum absolute atomic E-state index is 13.0. The number of aliphatic hydroxyl groups excluding tert-OH is 1. The molecule has 7 heteroatoms. The number of nitrogens with one attached hydrogen (secondary N) is 1. The Kier molecular flexibility index (Phi) is 8.06. The third-order valence-corrected chi connectivity index (χ3v) is 5.84. The van der Waals surface area contributed by atoms with E-state index in [9.17, 15) is 14.3 Å². The fourth-order valence-electron chi connectivity index (χ4n) is 4.11. The second-order valence-corrected chi connectivity index (χ2v) is 7.84. The predicted octanol–water partition coefficient (Wildman–Crippen LogP) is 1.89. The summed E-state index contributed by atoms with van der Waals surface area (Å²) in [6.45, 7) is 6.76. The quantitative estimate of drug-likeness (QED) is 0.696. The second kappa shape index (κ2) is 10.7. The van der Waals surface area contributed by atoms with Gasteiger partial charge in [-0.25, -0.2) is 9.18 Å². The monoisotopic (exact) mass is 392 g/mol. The van der Waals surface area contributed by atoms with Gasteiger partial charge in [0.05, 0.1) is 6.61 Å². The molecule has 2 amide bonds. The molecule has 2 aliphatic rings. The summed E-state index contributed by atoms with van der Waals surface area (Å²) in [7, 11) is 0. The van der Waals surface area contributed by atoms with Crippen molar-refractivity contribution in [2.75, 3.05) is 52.4 Å². The van der Waals surface area contributed by atoms with Gasteiger partial charge in [-0.05, 0) is 43.5 Å². The first-order valence-corrected chi connectivity index (χ1v) is 10.5. The fraction of sp³-hybridized carbons (Fsp3) is 0.667. The van der Waals surface area contributed by atoms with Crippen molar-refractivity contribution in [1.29, 1.82) is 0 Å². The van der Waals surface area contributed by atoms with Crippen molar-refractivity contribution >= 4 is 6.03 Å². The number of urea groups is 1. The van der Waals surface area contributed by atoms with Crippen LogP contribution in [0.25, 0.3) is 0 Å². The van der Waals surface area contributed by atoms with Gasteiger partial charge in [0.15, 0.2) is 0 Å². The average molecular weight is 393 g/mol. The number of benzene rings is 1. The van der Waals surface area contributed by atoms with Crippen LogP contribution >= 0.6 is 0 Å². The molecule has 0 aliphatic carbocycles. The van der Waals surface area contributed by atoms with E-state index in [2.05, 4.69) is 15.1 Å². The van der Waals surface area contributed by atoms with E-state index in [0.717, 1.165) is 51.1 Å². The molecule has 2 aliphatic heterocycles. The summed E-state index contributed by atoms with van der Waals surface area (Å²) in [6.07, 6.45) is 4.38. The molecule has 0 bridgehead atoms. The van der Waals surface area contributed by atoms with Gasteiger partial charge in [0.2, 0.25) is 0 Å². The van der Waals surface area contributed by atoms with Crippen molar-refractivity contribution < 1.29 is 14.3 Å². The Morgan fingerprint density at radius 2 is 1.86 bits per heavy atom. The molecule has 2 heterocycles.